The van der Waals surface area contributed by atoms with Gasteiger partial charge in [-0.2, -0.15) is 0 Å². The summed E-state index contributed by atoms with van der Waals surface area (Å²) in [6, 6.07) is -0.188. The number of hydrogen-bond donors (Lipinski definition) is 2. The van der Waals surface area contributed by atoms with E-state index < -0.39 is 11.6 Å². The minimum Gasteiger partial charge on any atom is -0.480 e. The number of rotatable bonds is 5. The average molecular weight is 272 g/mol. The van der Waals surface area contributed by atoms with Crippen LogP contribution in [0.1, 0.15) is 34.1 Å². The zero-order valence-electron chi connectivity index (χ0n) is 12.1. The molecule has 1 fully saturated rings. The van der Waals surface area contributed by atoms with Crippen molar-refractivity contribution < 1.29 is 19.4 Å². The van der Waals surface area contributed by atoms with E-state index in [-0.39, 0.29) is 24.0 Å². The fourth-order valence-electron chi connectivity index (χ4n) is 1.89. The third-order valence-corrected chi connectivity index (χ3v) is 3.45. The number of hydrogen-bond acceptors (Lipinski definition) is 4. The fourth-order valence-corrected chi connectivity index (χ4v) is 1.89. The molecule has 1 amide bonds. The van der Waals surface area contributed by atoms with Crippen molar-refractivity contribution in [2.75, 3.05) is 19.7 Å². The van der Waals surface area contributed by atoms with Gasteiger partial charge in [-0.3, -0.25) is 4.79 Å². The van der Waals surface area contributed by atoms with E-state index in [0.717, 1.165) is 0 Å². The quantitative estimate of drug-likeness (QED) is 0.758. The van der Waals surface area contributed by atoms with Gasteiger partial charge in [0, 0.05) is 12.5 Å². The van der Waals surface area contributed by atoms with Gasteiger partial charge in [-0.25, -0.2) is 4.79 Å². The third kappa shape index (κ3) is 4.47. The number of amides is 1. The molecule has 0 radical (unpaired) electrons. The van der Waals surface area contributed by atoms with Crippen LogP contribution < -0.4 is 5.73 Å². The Labute approximate surface area is 113 Å². The molecule has 1 saturated heterocycles. The zero-order chi connectivity index (χ0) is 14.8. The van der Waals surface area contributed by atoms with Crippen LogP contribution in [-0.4, -0.2) is 53.2 Å². The number of carbonyl (C=O) groups excluding carboxylic acids is 1. The number of carbonyl (C=O) groups is 2. The topological polar surface area (TPSA) is 92.9 Å². The van der Waals surface area contributed by atoms with E-state index in [0.29, 0.717) is 19.5 Å². The maximum Gasteiger partial charge on any atom is 0.329 e. The summed E-state index contributed by atoms with van der Waals surface area (Å²) in [5.41, 5.74) is 5.33. The number of nitrogens with zero attached hydrogens (tertiary/aromatic N) is 1. The standard InChI is InChI=1S/C13H24N2O4/c1-12(2,3)9(14)5-10(16)15-7-13(4,8-15)19-6-11(17)18/h9H,5-8,14H2,1-4H3,(H,17,18). The zero-order valence-corrected chi connectivity index (χ0v) is 12.1. The molecule has 1 rings (SSSR count). The lowest BCUT2D eigenvalue weighted by Gasteiger charge is -2.47. The highest BCUT2D eigenvalue weighted by atomic mass is 16.5. The van der Waals surface area contributed by atoms with Gasteiger partial charge in [-0.1, -0.05) is 20.8 Å². The molecule has 110 valence electrons. The van der Waals surface area contributed by atoms with E-state index in [4.69, 9.17) is 15.6 Å². The Balaban J connectivity index is 2.37. The molecule has 0 aromatic heterocycles. The second kappa shape index (κ2) is 5.46. The highest BCUT2D eigenvalue weighted by Gasteiger charge is 2.43. The van der Waals surface area contributed by atoms with Gasteiger partial charge >= 0.3 is 5.97 Å². The number of carboxylic acid groups (broad SMARTS) is 1. The first-order valence-electron chi connectivity index (χ1n) is 6.43. The van der Waals surface area contributed by atoms with Crippen molar-refractivity contribution in [1.82, 2.24) is 4.90 Å². The van der Waals surface area contributed by atoms with Gasteiger partial charge in [0.15, 0.2) is 0 Å². The van der Waals surface area contributed by atoms with Gasteiger partial charge in [0.1, 0.15) is 12.2 Å². The van der Waals surface area contributed by atoms with Gasteiger partial charge in [-0.05, 0) is 12.3 Å². The Morgan fingerprint density at radius 2 is 1.95 bits per heavy atom. The molecule has 0 spiro atoms. The van der Waals surface area contributed by atoms with E-state index in [1.54, 1.807) is 4.90 Å². The third-order valence-electron chi connectivity index (χ3n) is 3.45. The highest BCUT2D eigenvalue weighted by molar-refractivity contribution is 5.78. The van der Waals surface area contributed by atoms with Crippen LogP contribution in [-0.2, 0) is 14.3 Å². The molecule has 6 heteroatoms. The number of nitrogens with two attached hydrogens (primary N) is 1. The Bertz CT molecular complexity index is 356. The summed E-state index contributed by atoms with van der Waals surface area (Å²) in [5, 5.41) is 8.56. The van der Waals surface area contributed by atoms with Crippen molar-refractivity contribution in [3.63, 3.8) is 0 Å². The molecule has 6 nitrogen and oxygen atoms in total. The molecule has 1 aliphatic heterocycles. The van der Waals surface area contributed by atoms with E-state index in [1.807, 2.05) is 27.7 Å². The van der Waals surface area contributed by atoms with Gasteiger partial charge < -0.3 is 20.5 Å². The molecule has 1 heterocycles. The summed E-state index contributed by atoms with van der Waals surface area (Å²) >= 11 is 0. The highest BCUT2D eigenvalue weighted by Crippen LogP contribution is 2.27. The van der Waals surface area contributed by atoms with Crippen LogP contribution in [0.3, 0.4) is 0 Å². The van der Waals surface area contributed by atoms with Crippen molar-refractivity contribution in [1.29, 1.82) is 0 Å². The molecule has 1 aliphatic rings. The van der Waals surface area contributed by atoms with Crippen molar-refractivity contribution >= 4 is 11.9 Å². The molecular weight excluding hydrogens is 248 g/mol. The Kier molecular flexibility index (Phi) is 4.58. The minimum absolute atomic E-state index is 0.00109. The van der Waals surface area contributed by atoms with Crippen LogP contribution in [0.25, 0.3) is 0 Å². The molecular formula is C13H24N2O4. The first-order valence-corrected chi connectivity index (χ1v) is 6.43. The van der Waals surface area contributed by atoms with Crippen molar-refractivity contribution in [2.24, 2.45) is 11.1 Å². The Morgan fingerprint density at radius 3 is 2.37 bits per heavy atom. The summed E-state index contributed by atoms with van der Waals surface area (Å²) in [6.45, 7) is 8.33. The van der Waals surface area contributed by atoms with Gasteiger partial charge in [0.2, 0.25) is 5.91 Å². The Hall–Kier alpha value is -1.14. The van der Waals surface area contributed by atoms with Crippen molar-refractivity contribution in [3.05, 3.63) is 0 Å². The lowest BCUT2D eigenvalue weighted by Crippen LogP contribution is -2.64. The van der Waals surface area contributed by atoms with Crippen molar-refractivity contribution in [2.45, 2.75) is 45.8 Å². The molecule has 0 saturated carbocycles. The molecule has 0 bridgehead atoms. The number of aliphatic carboxylic acids is 1. The fraction of sp³-hybridized carbons (Fsp3) is 0.846. The van der Waals surface area contributed by atoms with E-state index >= 15 is 0 Å². The lowest BCUT2D eigenvalue weighted by molar-refractivity contribution is -0.173. The SMILES string of the molecule is CC1(OCC(=O)O)CN(C(=O)CC(N)C(C)(C)C)C1. The predicted octanol–water partition coefficient (Wildman–Crippen LogP) is 0.452. The van der Waals surface area contributed by atoms with Gasteiger partial charge in [0.05, 0.1) is 13.1 Å². The van der Waals surface area contributed by atoms with Crippen LogP contribution >= 0.6 is 0 Å². The maximum absolute atomic E-state index is 12.0. The summed E-state index contributed by atoms with van der Waals surface area (Å²) in [5.74, 6) is -1.00. The van der Waals surface area contributed by atoms with Gasteiger partial charge in [0.25, 0.3) is 0 Å². The molecule has 0 aromatic carbocycles. The first kappa shape index (κ1) is 15.9. The Morgan fingerprint density at radius 1 is 1.42 bits per heavy atom. The maximum atomic E-state index is 12.0. The molecule has 0 aliphatic carbocycles. The van der Waals surface area contributed by atoms with E-state index in [1.165, 1.54) is 0 Å². The van der Waals surface area contributed by atoms with Gasteiger partial charge in [-0.15, -0.1) is 0 Å². The smallest absolute Gasteiger partial charge is 0.329 e. The second-order valence-corrected chi connectivity index (χ2v) is 6.56. The summed E-state index contributed by atoms with van der Waals surface area (Å²) < 4.78 is 5.25. The summed E-state index contributed by atoms with van der Waals surface area (Å²) in [7, 11) is 0. The molecule has 19 heavy (non-hydrogen) atoms. The normalized spacial score (nSPS) is 19.7. The van der Waals surface area contributed by atoms with Crippen LogP contribution in [0.5, 0.6) is 0 Å². The largest absolute Gasteiger partial charge is 0.480 e. The predicted molar refractivity (Wildman–Crippen MR) is 70.6 cm³/mol. The van der Waals surface area contributed by atoms with Crippen LogP contribution in [0, 0.1) is 5.41 Å². The number of ether oxygens (including phenoxy) is 1. The van der Waals surface area contributed by atoms with E-state index in [9.17, 15) is 9.59 Å². The molecule has 3 N–H and O–H groups in total. The van der Waals surface area contributed by atoms with E-state index in [2.05, 4.69) is 0 Å². The number of carboxylic acids is 1. The first-order chi connectivity index (χ1) is 8.53. The molecule has 1 unspecified atom stereocenters. The van der Waals surface area contributed by atoms with Crippen LogP contribution in [0.15, 0.2) is 0 Å². The number of likely N-dealkylation sites (tertiary alicyclic amines) is 1. The van der Waals surface area contributed by atoms with Crippen LogP contribution in [0.4, 0.5) is 0 Å². The minimum atomic E-state index is -0.999. The summed E-state index contributed by atoms with van der Waals surface area (Å²) in [6.07, 6.45) is 0.304. The average Bonchev–Trinajstić information content (AvgIpc) is 2.20. The summed E-state index contributed by atoms with van der Waals surface area (Å²) in [4.78, 5) is 24.1. The second-order valence-electron chi connectivity index (χ2n) is 6.56. The van der Waals surface area contributed by atoms with Crippen molar-refractivity contribution in [3.8, 4) is 0 Å². The monoisotopic (exact) mass is 272 g/mol. The molecule has 1 atom stereocenters. The lowest BCUT2D eigenvalue weighted by atomic mass is 9.84. The molecule has 0 aromatic rings. The van der Waals surface area contributed by atoms with Crippen LogP contribution in [0.2, 0.25) is 0 Å².